The molecule has 0 fully saturated rings. The summed E-state index contributed by atoms with van der Waals surface area (Å²) in [7, 11) is 0. The molecule has 0 atom stereocenters. The number of hydrogen-bond acceptors (Lipinski definition) is 0. The second kappa shape index (κ2) is 9.64. The minimum Gasteiger partial charge on any atom is -0.0616 e. The van der Waals surface area contributed by atoms with Crippen LogP contribution in [0.3, 0.4) is 0 Å². The van der Waals surface area contributed by atoms with Crippen molar-refractivity contribution in [1.82, 2.24) is 0 Å². The molecule has 11 aromatic carbocycles. The van der Waals surface area contributed by atoms with Crippen LogP contribution < -0.4 is 0 Å². The van der Waals surface area contributed by atoms with Gasteiger partial charge in [0.1, 0.15) is 0 Å². The highest BCUT2D eigenvalue weighted by Gasteiger charge is 2.15. The van der Waals surface area contributed by atoms with Gasteiger partial charge in [-0.15, -0.1) is 0 Å². The maximum Gasteiger partial charge on any atom is -0.00206 e. The van der Waals surface area contributed by atoms with E-state index >= 15 is 0 Å². The first-order valence-electron chi connectivity index (χ1n) is 16.7. The van der Waals surface area contributed by atoms with E-state index in [1.807, 2.05) is 0 Å². The van der Waals surface area contributed by atoms with Gasteiger partial charge in [0.2, 0.25) is 0 Å². The van der Waals surface area contributed by atoms with Gasteiger partial charge in [0.15, 0.2) is 0 Å². The van der Waals surface area contributed by atoms with Crippen LogP contribution in [-0.2, 0) is 0 Å². The summed E-state index contributed by atoms with van der Waals surface area (Å²) in [6.45, 7) is 0. The van der Waals surface area contributed by atoms with Crippen molar-refractivity contribution in [3.8, 4) is 22.3 Å². The molecular weight excluding hydrogens is 577 g/mol. The van der Waals surface area contributed by atoms with Crippen LogP contribution in [0.4, 0.5) is 0 Å². The third-order valence-electron chi connectivity index (χ3n) is 10.7. The summed E-state index contributed by atoms with van der Waals surface area (Å²) >= 11 is 0. The lowest BCUT2D eigenvalue weighted by Crippen LogP contribution is -1.89. The smallest absolute Gasteiger partial charge is 0.00206 e. The van der Waals surface area contributed by atoms with Crippen molar-refractivity contribution < 1.29 is 0 Å². The molecule has 0 bridgehead atoms. The molecular formula is C48H28. The van der Waals surface area contributed by atoms with Crippen molar-refractivity contribution in [2.75, 3.05) is 0 Å². The summed E-state index contributed by atoms with van der Waals surface area (Å²) < 4.78 is 0. The van der Waals surface area contributed by atoms with Gasteiger partial charge in [-0.3, -0.25) is 0 Å². The quantitative estimate of drug-likeness (QED) is 0.136. The lowest BCUT2D eigenvalue weighted by atomic mass is 9.87. The van der Waals surface area contributed by atoms with Crippen molar-refractivity contribution in [3.63, 3.8) is 0 Å². The lowest BCUT2D eigenvalue weighted by Gasteiger charge is -2.16. The van der Waals surface area contributed by atoms with Crippen molar-refractivity contribution in [3.05, 3.63) is 170 Å². The molecule has 11 rings (SSSR count). The molecule has 0 aliphatic rings. The van der Waals surface area contributed by atoms with Gasteiger partial charge in [-0.2, -0.15) is 0 Å². The Balaban J connectivity index is 1.09. The number of fused-ring (bicyclic) bond motifs is 6. The van der Waals surface area contributed by atoms with E-state index in [0.717, 1.165) is 0 Å². The van der Waals surface area contributed by atoms with Gasteiger partial charge in [0.05, 0.1) is 0 Å². The van der Waals surface area contributed by atoms with Crippen LogP contribution in [0.15, 0.2) is 170 Å². The fourth-order valence-electron chi connectivity index (χ4n) is 8.34. The number of hydrogen-bond donors (Lipinski definition) is 0. The minimum absolute atomic E-state index is 1.24. The summed E-state index contributed by atoms with van der Waals surface area (Å²) in [5.41, 5.74) is 5.05. The van der Waals surface area contributed by atoms with E-state index in [4.69, 9.17) is 0 Å². The molecule has 0 saturated carbocycles. The molecule has 11 aromatic rings. The summed E-state index contributed by atoms with van der Waals surface area (Å²) in [6, 6.07) is 63.6. The highest BCUT2D eigenvalue weighted by molar-refractivity contribution is 6.26. The molecule has 0 radical (unpaired) electrons. The van der Waals surface area contributed by atoms with E-state index in [9.17, 15) is 0 Å². The van der Waals surface area contributed by atoms with Gasteiger partial charge in [-0.05, 0) is 145 Å². The molecule has 0 heterocycles. The first-order chi connectivity index (χ1) is 23.7. The van der Waals surface area contributed by atoms with E-state index in [1.54, 1.807) is 0 Å². The van der Waals surface area contributed by atoms with Crippen LogP contribution in [-0.4, -0.2) is 0 Å². The molecule has 0 spiro atoms. The Labute approximate surface area is 277 Å². The molecule has 0 unspecified atom stereocenters. The van der Waals surface area contributed by atoms with Crippen LogP contribution in [0.1, 0.15) is 0 Å². The predicted octanol–water partition coefficient (Wildman–Crippen LogP) is 13.7. The molecule has 220 valence electrons. The van der Waals surface area contributed by atoms with E-state index in [1.165, 1.54) is 108 Å². The maximum atomic E-state index is 2.39. The van der Waals surface area contributed by atoms with Crippen LogP contribution in [0.25, 0.3) is 108 Å². The van der Waals surface area contributed by atoms with Crippen molar-refractivity contribution in [1.29, 1.82) is 0 Å². The molecule has 0 aromatic heterocycles. The SMILES string of the molecule is c1ccc2cc3cc4cc(-c5ccc6ccc7c(-c8ccc9ccc%10cccc%11ccc8c9c%10%11)cccc7c6c5)ccc4cc3cc2c1. The van der Waals surface area contributed by atoms with E-state index < -0.39 is 0 Å². The monoisotopic (exact) mass is 604 g/mol. The molecule has 0 saturated heterocycles. The Kier molecular flexibility index (Phi) is 5.20. The molecule has 0 heteroatoms. The largest absolute Gasteiger partial charge is 0.0616 e. The molecule has 0 aliphatic heterocycles. The van der Waals surface area contributed by atoms with E-state index in [2.05, 4.69) is 170 Å². The van der Waals surface area contributed by atoms with Crippen molar-refractivity contribution >= 4 is 86.2 Å². The fourth-order valence-corrected chi connectivity index (χ4v) is 8.34. The Bertz CT molecular complexity index is 3090. The summed E-state index contributed by atoms with van der Waals surface area (Å²) in [4.78, 5) is 0. The Morgan fingerprint density at radius 3 is 1.50 bits per heavy atom. The second-order valence-electron chi connectivity index (χ2n) is 13.3. The maximum absolute atomic E-state index is 2.39. The highest BCUT2D eigenvalue weighted by Crippen LogP contribution is 2.42. The van der Waals surface area contributed by atoms with Gasteiger partial charge in [-0.25, -0.2) is 0 Å². The Hall–Kier alpha value is -6.24. The summed E-state index contributed by atoms with van der Waals surface area (Å²) in [6.07, 6.45) is 0. The van der Waals surface area contributed by atoms with Crippen LogP contribution in [0, 0.1) is 0 Å². The number of rotatable bonds is 2. The standard InChI is InChI=1S/C48H28/c1-2-6-34-24-40-27-38-25-35(15-16-36(38)26-39(40)23-33(34)5-1)37-14-11-29-17-20-43-41(9-4-10-42(43)46(29)28-37)44-21-18-32-13-12-30-7-3-8-31-19-22-45(44)48(32)47(30)31/h1-28H. The van der Waals surface area contributed by atoms with Crippen LogP contribution in [0.5, 0.6) is 0 Å². The highest BCUT2D eigenvalue weighted by atomic mass is 14.2. The second-order valence-corrected chi connectivity index (χ2v) is 13.3. The van der Waals surface area contributed by atoms with Gasteiger partial charge < -0.3 is 0 Å². The molecule has 0 nitrogen and oxygen atoms in total. The zero-order chi connectivity index (χ0) is 31.3. The molecule has 0 N–H and O–H groups in total. The Morgan fingerprint density at radius 1 is 0.208 bits per heavy atom. The average molecular weight is 605 g/mol. The zero-order valence-electron chi connectivity index (χ0n) is 26.2. The van der Waals surface area contributed by atoms with Crippen molar-refractivity contribution in [2.24, 2.45) is 0 Å². The van der Waals surface area contributed by atoms with Crippen LogP contribution in [0.2, 0.25) is 0 Å². The van der Waals surface area contributed by atoms with Gasteiger partial charge >= 0.3 is 0 Å². The third kappa shape index (κ3) is 3.72. The zero-order valence-corrected chi connectivity index (χ0v) is 26.2. The summed E-state index contributed by atoms with van der Waals surface area (Å²) in [5.74, 6) is 0. The normalized spacial score (nSPS) is 12.2. The van der Waals surface area contributed by atoms with E-state index in [0.29, 0.717) is 0 Å². The molecule has 0 amide bonds. The minimum atomic E-state index is 1.24. The van der Waals surface area contributed by atoms with Gasteiger partial charge in [-0.1, -0.05) is 133 Å². The van der Waals surface area contributed by atoms with E-state index in [-0.39, 0.29) is 0 Å². The number of benzene rings is 11. The van der Waals surface area contributed by atoms with Crippen LogP contribution >= 0.6 is 0 Å². The lowest BCUT2D eigenvalue weighted by molar-refractivity contribution is 1.68. The third-order valence-corrected chi connectivity index (χ3v) is 10.7. The van der Waals surface area contributed by atoms with Crippen molar-refractivity contribution in [2.45, 2.75) is 0 Å². The average Bonchev–Trinajstić information content (AvgIpc) is 3.14. The summed E-state index contributed by atoms with van der Waals surface area (Å²) in [5, 5.41) is 20.7. The van der Waals surface area contributed by atoms with Gasteiger partial charge in [0, 0.05) is 0 Å². The fraction of sp³-hybridized carbons (Fsp3) is 0. The predicted molar refractivity (Wildman–Crippen MR) is 209 cm³/mol. The topological polar surface area (TPSA) is 0 Å². The first-order valence-corrected chi connectivity index (χ1v) is 16.7. The van der Waals surface area contributed by atoms with Gasteiger partial charge in [0.25, 0.3) is 0 Å². The Morgan fingerprint density at radius 2 is 0.708 bits per heavy atom. The molecule has 0 aliphatic carbocycles. The first kappa shape index (κ1) is 25.9. The molecule has 48 heavy (non-hydrogen) atoms.